The van der Waals surface area contributed by atoms with E-state index >= 15 is 0 Å². The van der Waals surface area contributed by atoms with Crippen LogP contribution < -0.4 is 9.80 Å². The molecule has 0 saturated carbocycles. The van der Waals surface area contributed by atoms with Crippen LogP contribution in [0.25, 0.3) is 86.5 Å². The van der Waals surface area contributed by atoms with E-state index < -0.39 is 0 Å². The molecule has 2 heteroatoms. The molecule has 1 aliphatic heterocycles. The van der Waals surface area contributed by atoms with Crippen molar-refractivity contribution in [2.24, 2.45) is 0 Å². The summed E-state index contributed by atoms with van der Waals surface area (Å²) in [5, 5.41) is 17.8. The molecule has 340 valence electrons. The summed E-state index contributed by atoms with van der Waals surface area (Å²) in [7, 11) is 0. The largest absolute Gasteiger partial charge is 0.310 e. The quantitative estimate of drug-likeness (QED) is 0.162. The van der Waals surface area contributed by atoms with Crippen molar-refractivity contribution in [1.29, 1.82) is 0 Å². The zero-order chi connectivity index (χ0) is 48.0. The van der Waals surface area contributed by atoms with Crippen LogP contribution in [0.15, 0.2) is 231 Å². The lowest BCUT2D eigenvalue weighted by atomic mass is 9.71. The first-order valence-electron chi connectivity index (χ1n) is 25.4. The highest BCUT2D eigenvalue weighted by atomic mass is 15.2. The highest BCUT2D eigenvalue weighted by Crippen LogP contribution is 2.59. The van der Waals surface area contributed by atoms with E-state index in [-0.39, 0.29) is 10.8 Å². The fourth-order valence-electron chi connectivity index (χ4n) is 13.2. The monoisotopic (exact) mass is 918 g/mol. The molecule has 0 saturated heterocycles. The van der Waals surface area contributed by atoms with Gasteiger partial charge in [0.25, 0.3) is 0 Å². The Morgan fingerprint density at radius 3 is 1.47 bits per heavy atom. The molecule has 0 spiro atoms. The number of benzene rings is 13. The molecule has 13 aromatic carbocycles. The van der Waals surface area contributed by atoms with Gasteiger partial charge in [-0.3, -0.25) is 0 Å². The second kappa shape index (κ2) is 14.9. The minimum Gasteiger partial charge on any atom is -0.310 e. The molecule has 1 heterocycles. The number of anilines is 6. The zero-order valence-electron chi connectivity index (χ0n) is 40.8. The van der Waals surface area contributed by atoms with E-state index in [4.69, 9.17) is 0 Å². The number of hydrogen-bond donors (Lipinski definition) is 0. The van der Waals surface area contributed by atoms with Crippen molar-refractivity contribution in [3.63, 3.8) is 0 Å². The summed E-state index contributed by atoms with van der Waals surface area (Å²) in [5.74, 6) is 0. The fourth-order valence-corrected chi connectivity index (χ4v) is 13.2. The van der Waals surface area contributed by atoms with Crippen LogP contribution in [0.5, 0.6) is 0 Å². The van der Waals surface area contributed by atoms with Gasteiger partial charge in [0.2, 0.25) is 0 Å². The lowest BCUT2D eigenvalue weighted by Crippen LogP contribution is -2.31. The van der Waals surface area contributed by atoms with Gasteiger partial charge in [-0.1, -0.05) is 185 Å². The van der Waals surface area contributed by atoms with Gasteiger partial charge >= 0.3 is 0 Å². The number of hydrogen-bond acceptors (Lipinski definition) is 2. The SMILES string of the molecule is CC1(C)c2cc3c(cc2-c2cc4c5ccccc5c5ccccc5c4cc21)C(C)(C)c1ccccc1N3c1ccc2c3ccc(N(c4ccccc4)c4cccc5ccccc45)cc3c3ccccc3c2c1. The van der Waals surface area contributed by atoms with Crippen molar-refractivity contribution in [2.75, 3.05) is 9.80 Å². The highest BCUT2D eigenvalue weighted by molar-refractivity contribution is 6.28. The maximum atomic E-state index is 2.57. The van der Waals surface area contributed by atoms with E-state index in [9.17, 15) is 0 Å². The molecule has 0 N–H and O–H groups in total. The second-order valence-corrected chi connectivity index (χ2v) is 21.2. The molecule has 0 radical (unpaired) electrons. The normalized spacial score (nSPS) is 14.3. The van der Waals surface area contributed by atoms with Crippen molar-refractivity contribution in [1.82, 2.24) is 0 Å². The molecule has 15 rings (SSSR count). The Morgan fingerprint density at radius 2 is 0.778 bits per heavy atom. The molecule has 1 aliphatic carbocycles. The maximum absolute atomic E-state index is 2.57. The Balaban J connectivity index is 0.930. The molecule has 0 fully saturated rings. The first-order valence-corrected chi connectivity index (χ1v) is 25.4. The number of para-hydroxylation sites is 2. The Labute approximate surface area is 419 Å². The summed E-state index contributed by atoms with van der Waals surface area (Å²) in [6.07, 6.45) is 0. The summed E-state index contributed by atoms with van der Waals surface area (Å²) in [5.41, 5.74) is 14.7. The van der Waals surface area contributed by atoms with Crippen LogP contribution in [-0.4, -0.2) is 0 Å². The van der Waals surface area contributed by atoms with Crippen LogP contribution in [0.4, 0.5) is 34.1 Å². The Kier molecular flexibility index (Phi) is 8.51. The van der Waals surface area contributed by atoms with E-state index in [1.807, 2.05) is 0 Å². The molecule has 0 bridgehead atoms. The molecule has 13 aromatic rings. The standard InChI is InChI=1S/C70H50N2/c1-69(2)62-30-16-17-31-67(62)72(68-42-64-61(41-65(68)69)60-39-58-50-26-12-10-24-48(50)49-25-11-13-27-51(49)59(58)40-63(60)70(64,3)4)46-34-36-55-54-35-33-45(37-56(54)52-28-14-15-29-53(52)57(55)38-46)71(44-21-6-5-7-22-44)66-32-18-20-43-19-8-9-23-47(43)66/h5-42H,1-4H3. The van der Waals surface area contributed by atoms with E-state index in [0.29, 0.717) is 0 Å². The van der Waals surface area contributed by atoms with Crippen molar-refractivity contribution in [3.8, 4) is 11.1 Å². The minimum atomic E-state index is -0.249. The van der Waals surface area contributed by atoms with Gasteiger partial charge in [-0.25, -0.2) is 0 Å². The topological polar surface area (TPSA) is 6.48 Å². The van der Waals surface area contributed by atoms with Gasteiger partial charge in [-0.2, -0.15) is 0 Å². The average molecular weight is 919 g/mol. The molecular formula is C70H50N2. The summed E-state index contributed by atoms with van der Waals surface area (Å²) in [4.78, 5) is 4.98. The number of nitrogens with zero attached hydrogens (tertiary/aromatic N) is 2. The van der Waals surface area contributed by atoms with Gasteiger partial charge in [-0.05, 0) is 176 Å². The summed E-state index contributed by atoms with van der Waals surface area (Å²) in [6, 6.07) is 86.6. The Bertz CT molecular complexity index is 4440. The molecule has 0 aromatic heterocycles. The summed E-state index contributed by atoms with van der Waals surface area (Å²) in [6.45, 7) is 9.71. The molecule has 2 aliphatic rings. The van der Waals surface area contributed by atoms with Crippen LogP contribution in [-0.2, 0) is 10.8 Å². The van der Waals surface area contributed by atoms with E-state index in [1.165, 1.54) is 120 Å². The number of fused-ring (bicyclic) bond motifs is 18. The van der Waals surface area contributed by atoms with Gasteiger partial charge in [-0.15, -0.1) is 0 Å². The van der Waals surface area contributed by atoms with Crippen molar-refractivity contribution >= 4 is 110 Å². The zero-order valence-corrected chi connectivity index (χ0v) is 40.8. The van der Waals surface area contributed by atoms with E-state index in [1.54, 1.807) is 0 Å². The van der Waals surface area contributed by atoms with Gasteiger partial charge < -0.3 is 9.80 Å². The smallest absolute Gasteiger partial charge is 0.0540 e. The predicted molar refractivity (Wildman–Crippen MR) is 308 cm³/mol. The lowest BCUT2D eigenvalue weighted by molar-refractivity contribution is 0.627. The molecule has 72 heavy (non-hydrogen) atoms. The summed E-state index contributed by atoms with van der Waals surface area (Å²) < 4.78 is 0. The minimum absolute atomic E-state index is 0.228. The van der Waals surface area contributed by atoms with Crippen LogP contribution in [0.1, 0.15) is 49.9 Å². The first kappa shape index (κ1) is 41.1. The first-order chi connectivity index (χ1) is 35.2. The van der Waals surface area contributed by atoms with Crippen molar-refractivity contribution in [3.05, 3.63) is 253 Å². The van der Waals surface area contributed by atoms with Gasteiger partial charge in [0.15, 0.2) is 0 Å². The van der Waals surface area contributed by atoms with Gasteiger partial charge in [0.05, 0.1) is 17.1 Å². The summed E-state index contributed by atoms with van der Waals surface area (Å²) >= 11 is 0. The molecule has 2 nitrogen and oxygen atoms in total. The third kappa shape index (κ3) is 5.66. The Hall–Kier alpha value is -8.72. The molecule has 0 atom stereocenters. The van der Waals surface area contributed by atoms with Crippen molar-refractivity contribution < 1.29 is 0 Å². The van der Waals surface area contributed by atoms with Crippen LogP contribution >= 0.6 is 0 Å². The molecule has 0 unspecified atom stereocenters. The molecule has 0 amide bonds. The van der Waals surface area contributed by atoms with Crippen LogP contribution in [0, 0.1) is 0 Å². The highest BCUT2D eigenvalue weighted by Gasteiger charge is 2.43. The van der Waals surface area contributed by atoms with E-state index in [0.717, 1.165) is 22.7 Å². The maximum Gasteiger partial charge on any atom is 0.0540 e. The fraction of sp³-hybridized carbons (Fsp3) is 0.0857. The van der Waals surface area contributed by atoms with E-state index in [2.05, 4.69) is 268 Å². The van der Waals surface area contributed by atoms with Crippen LogP contribution in [0.3, 0.4) is 0 Å². The third-order valence-corrected chi connectivity index (χ3v) is 16.7. The number of rotatable bonds is 4. The second-order valence-electron chi connectivity index (χ2n) is 21.2. The predicted octanol–water partition coefficient (Wildman–Crippen LogP) is 19.6. The van der Waals surface area contributed by atoms with Gasteiger partial charge in [0.1, 0.15) is 0 Å². The molecular weight excluding hydrogens is 869 g/mol. The third-order valence-electron chi connectivity index (χ3n) is 16.7. The van der Waals surface area contributed by atoms with Gasteiger partial charge in [0, 0.05) is 33.3 Å². The van der Waals surface area contributed by atoms with Crippen LogP contribution in [0.2, 0.25) is 0 Å². The average Bonchev–Trinajstić information content (AvgIpc) is 3.64. The van der Waals surface area contributed by atoms with Crippen molar-refractivity contribution in [2.45, 2.75) is 38.5 Å². The lowest BCUT2D eigenvalue weighted by Gasteiger charge is -2.43. The Morgan fingerprint density at radius 1 is 0.292 bits per heavy atom.